The molecule has 0 aromatic carbocycles. The van der Waals surface area contributed by atoms with E-state index in [1.165, 1.54) is 0 Å². The lowest BCUT2D eigenvalue weighted by molar-refractivity contribution is 0.0229. The van der Waals surface area contributed by atoms with E-state index in [0.717, 1.165) is 6.42 Å². The molecular weight excluding hydrogens is 220 g/mol. The number of likely N-dealkylation sites (tertiary alicyclic amines) is 1. The SMILES string of the molecule is Cc1nc(C)c(C(=O)N2CCC(C)C(O)C2)o1. The molecule has 2 heterocycles. The van der Waals surface area contributed by atoms with E-state index in [1.54, 1.807) is 18.7 Å². The monoisotopic (exact) mass is 238 g/mol. The van der Waals surface area contributed by atoms with Crippen LogP contribution in [0, 0.1) is 19.8 Å². The van der Waals surface area contributed by atoms with E-state index in [0.29, 0.717) is 30.4 Å². The fourth-order valence-corrected chi connectivity index (χ4v) is 2.11. The molecule has 1 fully saturated rings. The predicted octanol–water partition coefficient (Wildman–Crippen LogP) is 1.13. The van der Waals surface area contributed by atoms with Crippen LogP contribution in [0.2, 0.25) is 0 Å². The number of β-amino-alcohol motifs (C(OH)–C–C–N with tert-alkyl or cyclic N) is 1. The third-order valence-electron chi connectivity index (χ3n) is 3.30. The second-order valence-corrected chi connectivity index (χ2v) is 4.73. The van der Waals surface area contributed by atoms with Gasteiger partial charge in [-0.3, -0.25) is 4.79 Å². The van der Waals surface area contributed by atoms with Gasteiger partial charge in [0.05, 0.1) is 11.8 Å². The van der Waals surface area contributed by atoms with E-state index in [1.807, 2.05) is 6.92 Å². The molecule has 5 heteroatoms. The lowest BCUT2D eigenvalue weighted by Crippen LogP contribution is -2.45. The molecule has 1 aliphatic rings. The summed E-state index contributed by atoms with van der Waals surface area (Å²) in [7, 11) is 0. The molecule has 0 bridgehead atoms. The number of aliphatic hydroxyl groups is 1. The van der Waals surface area contributed by atoms with Gasteiger partial charge in [-0.2, -0.15) is 0 Å². The Morgan fingerprint density at radius 3 is 2.76 bits per heavy atom. The molecule has 1 aromatic heterocycles. The summed E-state index contributed by atoms with van der Waals surface area (Å²) < 4.78 is 5.31. The van der Waals surface area contributed by atoms with Crippen molar-refractivity contribution in [3.05, 3.63) is 17.3 Å². The first-order chi connectivity index (χ1) is 7.99. The second kappa shape index (κ2) is 4.49. The third-order valence-corrected chi connectivity index (χ3v) is 3.30. The number of piperidine rings is 1. The molecule has 1 amide bonds. The van der Waals surface area contributed by atoms with Crippen LogP contribution in [0.3, 0.4) is 0 Å². The molecule has 5 nitrogen and oxygen atoms in total. The van der Waals surface area contributed by atoms with E-state index in [-0.39, 0.29) is 11.8 Å². The van der Waals surface area contributed by atoms with Crippen molar-refractivity contribution >= 4 is 5.91 Å². The molecule has 1 aromatic rings. The van der Waals surface area contributed by atoms with Gasteiger partial charge in [-0.1, -0.05) is 6.92 Å². The van der Waals surface area contributed by atoms with Gasteiger partial charge in [0, 0.05) is 20.0 Å². The molecular formula is C12H18N2O3. The van der Waals surface area contributed by atoms with Crippen molar-refractivity contribution < 1.29 is 14.3 Å². The summed E-state index contributed by atoms with van der Waals surface area (Å²) in [6.07, 6.45) is 0.371. The number of nitrogens with zero attached hydrogens (tertiary/aromatic N) is 2. The Morgan fingerprint density at radius 1 is 1.53 bits per heavy atom. The zero-order valence-electron chi connectivity index (χ0n) is 10.4. The van der Waals surface area contributed by atoms with Crippen molar-refractivity contribution in [3.8, 4) is 0 Å². The highest BCUT2D eigenvalue weighted by Crippen LogP contribution is 2.20. The molecule has 2 unspecified atom stereocenters. The van der Waals surface area contributed by atoms with Crippen LogP contribution in [0.4, 0.5) is 0 Å². The molecule has 0 aliphatic carbocycles. The highest BCUT2D eigenvalue weighted by Gasteiger charge is 2.30. The number of hydrogen-bond donors (Lipinski definition) is 1. The van der Waals surface area contributed by atoms with Gasteiger partial charge >= 0.3 is 0 Å². The van der Waals surface area contributed by atoms with E-state index in [9.17, 15) is 9.90 Å². The minimum atomic E-state index is -0.447. The number of oxazole rings is 1. The quantitative estimate of drug-likeness (QED) is 0.796. The Kier molecular flexibility index (Phi) is 3.19. The smallest absolute Gasteiger partial charge is 0.291 e. The number of aromatic nitrogens is 1. The Morgan fingerprint density at radius 2 is 2.24 bits per heavy atom. The summed E-state index contributed by atoms with van der Waals surface area (Å²) in [5.74, 6) is 0.867. The van der Waals surface area contributed by atoms with Crippen molar-refractivity contribution in [2.45, 2.75) is 33.3 Å². The molecule has 2 rings (SSSR count). The minimum absolute atomic E-state index is 0.172. The summed E-state index contributed by atoms with van der Waals surface area (Å²) in [5, 5.41) is 9.78. The van der Waals surface area contributed by atoms with Crippen molar-refractivity contribution in [2.24, 2.45) is 5.92 Å². The predicted molar refractivity (Wildman–Crippen MR) is 61.7 cm³/mol. The van der Waals surface area contributed by atoms with Crippen LogP contribution in [-0.4, -0.2) is 40.1 Å². The van der Waals surface area contributed by atoms with Crippen molar-refractivity contribution in [1.29, 1.82) is 0 Å². The molecule has 0 radical (unpaired) electrons. The van der Waals surface area contributed by atoms with E-state index in [2.05, 4.69) is 4.98 Å². The van der Waals surface area contributed by atoms with Gasteiger partial charge in [0.2, 0.25) is 5.76 Å². The fraction of sp³-hybridized carbons (Fsp3) is 0.667. The molecule has 0 saturated carbocycles. The zero-order valence-corrected chi connectivity index (χ0v) is 10.4. The molecule has 1 aliphatic heterocycles. The second-order valence-electron chi connectivity index (χ2n) is 4.73. The van der Waals surface area contributed by atoms with Gasteiger partial charge in [-0.05, 0) is 19.3 Å². The molecule has 2 atom stereocenters. The van der Waals surface area contributed by atoms with Crippen LogP contribution in [0.15, 0.2) is 4.42 Å². The Bertz CT molecular complexity index is 427. The van der Waals surface area contributed by atoms with Crippen LogP contribution in [0.1, 0.15) is 35.5 Å². The van der Waals surface area contributed by atoms with Crippen LogP contribution in [0.5, 0.6) is 0 Å². The van der Waals surface area contributed by atoms with Gasteiger partial charge in [-0.25, -0.2) is 4.98 Å². The summed E-state index contributed by atoms with van der Waals surface area (Å²) in [4.78, 5) is 17.9. The van der Waals surface area contributed by atoms with Crippen molar-refractivity contribution in [1.82, 2.24) is 9.88 Å². The zero-order chi connectivity index (χ0) is 12.6. The maximum Gasteiger partial charge on any atom is 0.291 e. The number of aliphatic hydroxyl groups excluding tert-OH is 1. The molecule has 1 saturated heterocycles. The van der Waals surface area contributed by atoms with Crippen LogP contribution in [0.25, 0.3) is 0 Å². The maximum atomic E-state index is 12.2. The largest absolute Gasteiger partial charge is 0.436 e. The Hall–Kier alpha value is -1.36. The number of carbonyl (C=O) groups excluding carboxylic acids is 1. The highest BCUT2D eigenvalue weighted by atomic mass is 16.4. The number of rotatable bonds is 1. The average molecular weight is 238 g/mol. The third kappa shape index (κ3) is 2.34. The van der Waals surface area contributed by atoms with Crippen molar-refractivity contribution in [2.75, 3.05) is 13.1 Å². The van der Waals surface area contributed by atoms with Gasteiger partial charge in [0.15, 0.2) is 5.89 Å². The van der Waals surface area contributed by atoms with Gasteiger partial charge in [0.25, 0.3) is 5.91 Å². The summed E-state index contributed by atoms with van der Waals surface area (Å²) in [6, 6.07) is 0. The van der Waals surface area contributed by atoms with Crippen LogP contribution in [-0.2, 0) is 0 Å². The highest BCUT2D eigenvalue weighted by molar-refractivity contribution is 5.92. The standard InChI is InChI=1S/C12H18N2O3/c1-7-4-5-14(6-10(7)15)12(16)11-8(2)13-9(3)17-11/h7,10,15H,4-6H2,1-3H3. The molecule has 94 valence electrons. The Balaban J connectivity index is 2.13. The first kappa shape index (κ1) is 12.1. The topological polar surface area (TPSA) is 66.6 Å². The first-order valence-corrected chi connectivity index (χ1v) is 5.90. The summed E-state index contributed by atoms with van der Waals surface area (Å²) in [5.41, 5.74) is 0.612. The van der Waals surface area contributed by atoms with Gasteiger partial charge in [0.1, 0.15) is 0 Å². The number of carbonyl (C=O) groups is 1. The molecule has 17 heavy (non-hydrogen) atoms. The van der Waals surface area contributed by atoms with E-state index >= 15 is 0 Å². The van der Waals surface area contributed by atoms with E-state index in [4.69, 9.17) is 4.42 Å². The number of aryl methyl sites for hydroxylation is 2. The molecule has 0 spiro atoms. The van der Waals surface area contributed by atoms with Gasteiger partial charge < -0.3 is 14.4 Å². The number of amides is 1. The minimum Gasteiger partial charge on any atom is -0.436 e. The maximum absolute atomic E-state index is 12.2. The molecule has 1 N–H and O–H groups in total. The Labute approximate surface area is 100 Å². The summed E-state index contributed by atoms with van der Waals surface area (Å²) >= 11 is 0. The van der Waals surface area contributed by atoms with Gasteiger partial charge in [-0.15, -0.1) is 0 Å². The van der Waals surface area contributed by atoms with Crippen LogP contribution >= 0.6 is 0 Å². The average Bonchev–Trinajstić information content (AvgIpc) is 2.61. The fourth-order valence-electron chi connectivity index (χ4n) is 2.11. The normalized spacial score (nSPS) is 25.1. The van der Waals surface area contributed by atoms with Crippen molar-refractivity contribution in [3.63, 3.8) is 0 Å². The number of hydrogen-bond acceptors (Lipinski definition) is 4. The lowest BCUT2D eigenvalue weighted by Gasteiger charge is -2.33. The summed E-state index contributed by atoms with van der Waals surface area (Å²) in [6.45, 7) is 6.51. The lowest BCUT2D eigenvalue weighted by atomic mass is 9.96. The van der Waals surface area contributed by atoms with Crippen LogP contribution < -0.4 is 0 Å². The first-order valence-electron chi connectivity index (χ1n) is 5.90. The van der Waals surface area contributed by atoms with E-state index < -0.39 is 6.10 Å².